The van der Waals surface area contributed by atoms with Crippen LogP contribution in [-0.4, -0.2) is 28.6 Å². The molecule has 0 bridgehead atoms. The third-order valence-corrected chi connectivity index (χ3v) is 3.15. The van der Waals surface area contributed by atoms with Crippen molar-refractivity contribution in [3.8, 4) is 0 Å². The van der Waals surface area contributed by atoms with Crippen LogP contribution in [-0.2, 0) is 9.53 Å². The SMILES string of the molecule is CC(C)(C)OC(=O)Nc1ccc(C(=O)CCCCCC(=O)O)cc1. The lowest BCUT2D eigenvalue weighted by Crippen LogP contribution is -2.27. The summed E-state index contributed by atoms with van der Waals surface area (Å²) in [6.45, 7) is 5.35. The average molecular weight is 335 g/mol. The number of hydrogen-bond donors (Lipinski definition) is 2. The van der Waals surface area contributed by atoms with Gasteiger partial charge in [0.1, 0.15) is 5.60 Å². The summed E-state index contributed by atoms with van der Waals surface area (Å²) in [5.41, 5.74) is 0.561. The van der Waals surface area contributed by atoms with E-state index in [-0.39, 0.29) is 12.2 Å². The van der Waals surface area contributed by atoms with Crippen LogP contribution in [0, 0.1) is 0 Å². The Hall–Kier alpha value is -2.37. The Morgan fingerprint density at radius 3 is 2.12 bits per heavy atom. The number of carbonyl (C=O) groups is 3. The first-order valence-electron chi connectivity index (χ1n) is 8.02. The summed E-state index contributed by atoms with van der Waals surface area (Å²) in [7, 11) is 0. The molecule has 24 heavy (non-hydrogen) atoms. The summed E-state index contributed by atoms with van der Waals surface area (Å²) in [5, 5.41) is 11.2. The van der Waals surface area contributed by atoms with Gasteiger partial charge in [-0.2, -0.15) is 0 Å². The number of Topliss-reactive ketones (excluding diaryl/α,β-unsaturated/α-hetero) is 1. The molecule has 6 nitrogen and oxygen atoms in total. The van der Waals surface area contributed by atoms with Crippen molar-refractivity contribution < 1.29 is 24.2 Å². The normalized spacial score (nSPS) is 11.0. The maximum Gasteiger partial charge on any atom is 0.412 e. The highest BCUT2D eigenvalue weighted by atomic mass is 16.6. The molecule has 2 N–H and O–H groups in total. The number of hydrogen-bond acceptors (Lipinski definition) is 4. The molecule has 0 unspecified atom stereocenters. The van der Waals surface area contributed by atoms with Gasteiger partial charge in [0.25, 0.3) is 0 Å². The van der Waals surface area contributed by atoms with Gasteiger partial charge in [-0.05, 0) is 57.9 Å². The Morgan fingerprint density at radius 1 is 1.00 bits per heavy atom. The first kappa shape index (κ1) is 19.7. The number of nitrogens with one attached hydrogen (secondary N) is 1. The Balaban J connectivity index is 2.42. The summed E-state index contributed by atoms with van der Waals surface area (Å²) in [5.74, 6) is -0.802. The number of benzene rings is 1. The molecule has 0 saturated carbocycles. The molecule has 0 aliphatic heterocycles. The number of unbranched alkanes of at least 4 members (excludes halogenated alkanes) is 2. The Kier molecular flexibility index (Phi) is 7.42. The standard InChI is InChI=1S/C18H25NO5/c1-18(2,3)24-17(23)19-14-11-9-13(10-12-14)15(20)7-5-4-6-8-16(21)22/h9-12H,4-8H2,1-3H3,(H,19,23)(H,21,22). The molecule has 132 valence electrons. The van der Waals surface area contributed by atoms with Crippen LogP contribution in [0.1, 0.15) is 63.2 Å². The van der Waals surface area contributed by atoms with Crippen LogP contribution in [0.25, 0.3) is 0 Å². The van der Waals surface area contributed by atoms with Crippen molar-refractivity contribution in [1.29, 1.82) is 0 Å². The van der Waals surface area contributed by atoms with Crippen LogP contribution < -0.4 is 5.32 Å². The first-order valence-corrected chi connectivity index (χ1v) is 8.02. The number of anilines is 1. The van der Waals surface area contributed by atoms with E-state index < -0.39 is 17.7 Å². The first-order chi connectivity index (χ1) is 11.2. The van der Waals surface area contributed by atoms with Crippen LogP contribution in [0.15, 0.2) is 24.3 Å². The predicted molar refractivity (Wildman–Crippen MR) is 91.4 cm³/mol. The van der Waals surface area contributed by atoms with Crippen molar-refractivity contribution in [2.75, 3.05) is 5.32 Å². The number of aliphatic carboxylic acids is 1. The quantitative estimate of drug-likeness (QED) is 0.547. The van der Waals surface area contributed by atoms with Crippen molar-refractivity contribution in [3.05, 3.63) is 29.8 Å². The molecule has 0 aromatic heterocycles. The van der Waals surface area contributed by atoms with E-state index in [9.17, 15) is 14.4 Å². The van der Waals surface area contributed by atoms with Crippen molar-refractivity contribution in [1.82, 2.24) is 0 Å². The molecule has 0 spiro atoms. The lowest BCUT2D eigenvalue weighted by molar-refractivity contribution is -0.137. The molecule has 0 aliphatic rings. The van der Waals surface area contributed by atoms with Crippen LogP contribution in [0.2, 0.25) is 0 Å². The monoisotopic (exact) mass is 335 g/mol. The maximum atomic E-state index is 12.0. The highest BCUT2D eigenvalue weighted by Gasteiger charge is 2.16. The largest absolute Gasteiger partial charge is 0.481 e. The van der Waals surface area contributed by atoms with Crippen molar-refractivity contribution in [2.45, 2.75) is 58.5 Å². The van der Waals surface area contributed by atoms with E-state index in [0.29, 0.717) is 30.5 Å². The molecular weight excluding hydrogens is 310 g/mol. The smallest absolute Gasteiger partial charge is 0.412 e. The van der Waals surface area contributed by atoms with Gasteiger partial charge in [0, 0.05) is 24.1 Å². The van der Waals surface area contributed by atoms with E-state index in [1.165, 1.54) is 0 Å². The van der Waals surface area contributed by atoms with Crippen LogP contribution in [0.4, 0.5) is 10.5 Å². The average Bonchev–Trinajstić information content (AvgIpc) is 2.45. The van der Waals surface area contributed by atoms with Crippen LogP contribution in [0.5, 0.6) is 0 Å². The molecule has 0 fully saturated rings. The van der Waals surface area contributed by atoms with Gasteiger partial charge in [-0.3, -0.25) is 14.9 Å². The summed E-state index contributed by atoms with van der Waals surface area (Å²) >= 11 is 0. The van der Waals surface area contributed by atoms with Crippen molar-refractivity contribution in [3.63, 3.8) is 0 Å². The molecule has 6 heteroatoms. The molecule has 0 aliphatic carbocycles. The zero-order valence-electron chi connectivity index (χ0n) is 14.4. The van der Waals surface area contributed by atoms with Gasteiger partial charge in [-0.25, -0.2) is 4.79 Å². The molecule has 1 amide bonds. The number of amides is 1. The number of carboxylic acids is 1. The van der Waals surface area contributed by atoms with Gasteiger partial charge in [0.2, 0.25) is 0 Å². The predicted octanol–water partition coefficient (Wildman–Crippen LogP) is 4.25. The van der Waals surface area contributed by atoms with Gasteiger partial charge >= 0.3 is 12.1 Å². The highest BCUT2D eigenvalue weighted by molar-refractivity contribution is 5.96. The van der Waals surface area contributed by atoms with Gasteiger partial charge in [-0.1, -0.05) is 6.42 Å². The van der Waals surface area contributed by atoms with Crippen LogP contribution >= 0.6 is 0 Å². The minimum atomic E-state index is -0.811. The molecule has 0 saturated heterocycles. The second-order valence-electron chi connectivity index (χ2n) is 6.58. The van der Waals surface area contributed by atoms with E-state index in [1.54, 1.807) is 45.0 Å². The van der Waals surface area contributed by atoms with Gasteiger partial charge in [0.05, 0.1) is 0 Å². The van der Waals surface area contributed by atoms with Crippen molar-refractivity contribution in [2.24, 2.45) is 0 Å². The Morgan fingerprint density at radius 2 is 1.58 bits per heavy atom. The van der Waals surface area contributed by atoms with Crippen molar-refractivity contribution >= 4 is 23.5 Å². The van der Waals surface area contributed by atoms with Gasteiger partial charge < -0.3 is 9.84 Å². The second kappa shape index (κ2) is 9.05. The molecule has 0 radical (unpaired) electrons. The fourth-order valence-corrected chi connectivity index (χ4v) is 2.04. The number of carboxylic acid groups (broad SMARTS) is 1. The molecule has 1 rings (SSSR count). The molecule has 0 heterocycles. The summed E-state index contributed by atoms with van der Waals surface area (Å²) in [6, 6.07) is 6.63. The summed E-state index contributed by atoms with van der Waals surface area (Å²) in [4.78, 5) is 34.1. The number of ether oxygens (including phenoxy) is 1. The molecule has 0 atom stereocenters. The Bertz CT molecular complexity index is 572. The summed E-state index contributed by atoms with van der Waals surface area (Å²) < 4.78 is 5.15. The molecule has 1 aromatic carbocycles. The Labute approximate surface area is 142 Å². The lowest BCUT2D eigenvalue weighted by Gasteiger charge is -2.19. The van der Waals surface area contributed by atoms with E-state index in [1.807, 2.05) is 0 Å². The fraction of sp³-hybridized carbons (Fsp3) is 0.500. The van der Waals surface area contributed by atoms with E-state index >= 15 is 0 Å². The highest BCUT2D eigenvalue weighted by Crippen LogP contribution is 2.15. The number of rotatable bonds is 8. The van der Waals surface area contributed by atoms with E-state index in [0.717, 1.165) is 6.42 Å². The number of ketones is 1. The number of carbonyl (C=O) groups excluding carboxylic acids is 2. The fourth-order valence-electron chi connectivity index (χ4n) is 2.04. The topological polar surface area (TPSA) is 92.7 Å². The zero-order chi connectivity index (χ0) is 18.2. The molecule has 1 aromatic rings. The third-order valence-electron chi connectivity index (χ3n) is 3.15. The lowest BCUT2D eigenvalue weighted by atomic mass is 10.0. The van der Waals surface area contributed by atoms with Crippen LogP contribution in [0.3, 0.4) is 0 Å². The van der Waals surface area contributed by atoms with E-state index in [2.05, 4.69) is 5.32 Å². The zero-order valence-corrected chi connectivity index (χ0v) is 14.4. The van der Waals surface area contributed by atoms with Gasteiger partial charge in [0.15, 0.2) is 5.78 Å². The summed E-state index contributed by atoms with van der Waals surface area (Å²) in [6.07, 6.45) is 1.96. The molecular formula is C18H25NO5. The second-order valence-corrected chi connectivity index (χ2v) is 6.58. The maximum absolute atomic E-state index is 12.0. The third kappa shape index (κ3) is 8.31. The van der Waals surface area contributed by atoms with Gasteiger partial charge in [-0.15, -0.1) is 0 Å². The van der Waals surface area contributed by atoms with E-state index in [4.69, 9.17) is 9.84 Å². The minimum Gasteiger partial charge on any atom is -0.481 e. The minimum absolute atomic E-state index is 0.00847.